The predicted molar refractivity (Wildman–Crippen MR) is 86.5 cm³/mol. The number of primary sulfonamides is 1. The van der Waals surface area contributed by atoms with E-state index in [0.717, 1.165) is 17.8 Å². The highest BCUT2D eigenvalue weighted by Crippen LogP contribution is 2.25. The maximum atomic E-state index is 11.2. The minimum Gasteiger partial charge on any atom is -0.361 e. The fourth-order valence-corrected chi connectivity index (χ4v) is 3.50. The molecule has 0 bridgehead atoms. The maximum Gasteiger partial charge on any atom is 0.249 e. The van der Waals surface area contributed by atoms with Crippen molar-refractivity contribution in [3.63, 3.8) is 0 Å². The number of nitrogens with two attached hydrogens (primary N) is 1. The molecule has 1 aromatic carbocycles. The minimum absolute atomic E-state index is 0.0598. The number of nitrogens with one attached hydrogen (secondary N) is 1. The van der Waals surface area contributed by atoms with Gasteiger partial charge in [0, 0.05) is 17.5 Å². The fourth-order valence-electron chi connectivity index (χ4n) is 1.92. The summed E-state index contributed by atoms with van der Waals surface area (Å²) in [6.45, 7) is 2.76. The number of thiazole rings is 1. The van der Waals surface area contributed by atoms with Crippen molar-refractivity contribution in [2.24, 2.45) is 5.14 Å². The molecule has 114 valence electrons. The lowest BCUT2D eigenvalue weighted by Gasteiger charge is -2.15. The zero-order valence-electron chi connectivity index (χ0n) is 11.4. The van der Waals surface area contributed by atoms with E-state index in [0.29, 0.717) is 22.6 Å². The number of nitrogens with zero attached hydrogens (tertiary/aromatic N) is 1. The standard InChI is InChI=1S/C13H16ClN3O2S2/c1-2-9(10-3-5-11(14)6-4-10)7-16-13-17-8-12(20-13)21(15,18)19/h3-6,8-9H,2,7H2,1H3,(H,16,17)(H2,15,18,19). The van der Waals surface area contributed by atoms with Crippen LogP contribution < -0.4 is 10.5 Å². The predicted octanol–water partition coefficient (Wildman–Crippen LogP) is 3.05. The second-order valence-electron chi connectivity index (χ2n) is 4.57. The van der Waals surface area contributed by atoms with Crippen molar-refractivity contribution in [1.29, 1.82) is 0 Å². The van der Waals surface area contributed by atoms with Crippen LogP contribution in [0, 0.1) is 0 Å². The minimum atomic E-state index is -3.68. The molecule has 3 N–H and O–H groups in total. The third-order valence-electron chi connectivity index (χ3n) is 3.10. The van der Waals surface area contributed by atoms with Gasteiger partial charge in [-0.05, 0) is 24.1 Å². The topological polar surface area (TPSA) is 85.1 Å². The Bertz CT molecular complexity index is 698. The van der Waals surface area contributed by atoms with Gasteiger partial charge in [0.25, 0.3) is 0 Å². The lowest BCUT2D eigenvalue weighted by atomic mass is 9.97. The summed E-state index contributed by atoms with van der Waals surface area (Å²) in [6, 6.07) is 7.72. The summed E-state index contributed by atoms with van der Waals surface area (Å²) in [5, 5.41) is 9.47. The lowest BCUT2D eigenvalue weighted by molar-refractivity contribution is 0.599. The van der Waals surface area contributed by atoms with Crippen molar-refractivity contribution in [2.45, 2.75) is 23.5 Å². The highest BCUT2D eigenvalue weighted by atomic mass is 35.5. The zero-order chi connectivity index (χ0) is 15.5. The van der Waals surface area contributed by atoms with Crippen LogP contribution in [0.3, 0.4) is 0 Å². The summed E-state index contributed by atoms with van der Waals surface area (Å²) in [4.78, 5) is 4.02. The Morgan fingerprint density at radius 3 is 2.57 bits per heavy atom. The van der Waals surface area contributed by atoms with E-state index < -0.39 is 10.0 Å². The van der Waals surface area contributed by atoms with Crippen LogP contribution in [-0.4, -0.2) is 19.9 Å². The highest BCUT2D eigenvalue weighted by Gasteiger charge is 2.14. The molecule has 2 aromatic rings. The van der Waals surface area contributed by atoms with E-state index in [1.54, 1.807) is 0 Å². The molecule has 0 fully saturated rings. The Kier molecular flexibility index (Phi) is 5.21. The highest BCUT2D eigenvalue weighted by molar-refractivity contribution is 7.91. The molecule has 1 atom stereocenters. The SMILES string of the molecule is CCC(CNc1ncc(S(N)(=O)=O)s1)c1ccc(Cl)cc1. The fraction of sp³-hybridized carbons (Fsp3) is 0.308. The van der Waals surface area contributed by atoms with Gasteiger partial charge in [-0.25, -0.2) is 18.5 Å². The van der Waals surface area contributed by atoms with E-state index in [1.165, 1.54) is 11.8 Å². The van der Waals surface area contributed by atoms with Gasteiger partial charge in [-0.3, -0.25) is 0 Å². The van der Waals surface area contributed by atoms with Gasteiger partial charge in [0.05, 0.1) is 6.20 Å². The van der Waals surface area contributed by atoms with E-state index in [9.17, 15) is 8.42 Å². The van der Waals surface area contributed by atoms with Gasteiger partial charge in [0.2, 0.25) is 10.0 Å². The molecule has 0 saturated heterocycles. The molecule has 21 heavy (non-hydrogen) atoms. The first-order valence-corrected chi connectivity index (χ1v) is 9.12. The van der Waals surface area contributed by atoms with Crippen LogP contribution in [0.5, 0.6) is 0 Å². The van der Waals surface area contributed by atoms with Crippen molar-refractivity contribution in [1.82, 2.24) is 4.98 Å². The third kappa shape index (κ3) is 4.41. The monoisotopic (exact) mass is 345 g/mol. The summed E-state index contributed by atoms with van der Waals surface area (Å²) >= 11 is 6.92. The molecule has 1 aromatic heterocycles. The number of hydrogen-bond donors (Lipinski definition) is 2. The van der Waals surface area contributed by atoms with Gasteiger partial charge in [-0.1, -0.05) is 42.0 Å². The molecule has 0 saturated carbocycles. The molecule has 0 aliphatic carbocycles. The van der Waals surface area contributed by atoms with E-state index in [4.69, 9.17) is 16.7 Å². The van der Waals surface area contributed by atoms with Crippen molar-refractivity contribution in [2.75, 3.05) is 11.9 Å². The Morgan fingerprint density at radius 1 is 1.38 bits per heavy atom. The van der Waals surface area contributed by atoms with Gasteiger partial charge in [-0.15, -0.1) is 0 Å². The molecular weight excluding hydrogens is 330 g/mol. The van der Waals surface area contributed by atoms with E-state index >= 15 is 0 Å². The number of halogens is 1. The normalized spacial score (nSPS) is 13.1. The Balaban J connectivity index is 2.03. The maximum absolute atomic E-state index is 11.2. The summed E-state index contributed by atoms with van der Waals surface area (Å²) in [6.07, 6.45) is 2.22. The smallest absolute Gasteiger partial charge is 0.249 e. The van der Waals surface area contributed by atoms with Crippen molar-refractivity contribution < 1.29 is 8.42 Å². The third-order valence-corrected chi connectivity index (χ3v) is 5.71. The number of benzene rings is 1. The van der Waals surface area contributed by atoms with E-state index in [2.05, 4.69) is 17.2 Å². The van der Waals surface area contributed by atoms with Crippen LogP contribution in [0.25, 0.3) is 0 Å². The van der Waals surface area contributed by atoms with Gasteiger partial charge >= 0.3 is 0 Å². The first kappa shape index (κ1) is 16.2. The number of hydrogen-bond acceptors (Lipinski definition) is 5. The molecule has 1 unspecified atom stereocenters. The number of aromatic nitrogens is 1. The lowest BCUT2D eigenvalue weighted by Crippen LogP contribution is -2.12. The Labute approximate surface area is 133 Å². The summed E-state index contributed by atoms with van der Waals surface area (Å²) in [5.74, 6) is 0.295. The van der Waals surface area contributed by atoms with Crippen molar-refractivity contribution in [3.05, 3.63) is 41.0 Å². The van der Waals surface area contributed by atoms with Gasteiger partial charge in [0.15, 0.2) is 9.34 Å². The second kappa shape index (κ2) is 6.74. The second-order valence-corrected chi connectivity index (χ2v) is 7.82. The summed E-state index contributed by atoms with van der Waals surface area (Å²) < 4.78 is 22.5. The summed E-state index contributed by atoms with van der Waals surface area (Å²) in [7, 11) is -3.68. The molecular formula is C13H16ClN3O2S2. The van der Waals surface area contributed by atoms with Gasteiger partial charge < -0.3 is 5.32 Å². The number of anilines is 1. The zero-order valence-corrected chi connectivity index (χ0v) is 13.8. The molecule has 2 rings (SSSR count). The van der Waals surface area contributed by atoms with Crippen LogP contribution in [0.4, 0.5) is 5.13 Å². The molecule has 0 amide bonds. The molecule has 0 aliphatic heterocycles. The largest absolute Gasteiger partial charge is 0.361 e. The molecule has 0 aliphatic rings. The van der Waals surface area contributed by atoms with E-state index in [1.807, 2.05) is 24.3 Å². The van der Waals surface area contributed by atoms with Crippen LogP contribution in [0.2, 0.25) is 5.02 Å². The van der Waals surface area contributed by atoms with Crippen LogP contribution in [0.1, 0.15) is 24.8 Å². The van der Waals surface area contributed by atoms with Gasteiger partial charge in [0.1, 0.15) is 0 Å². The number of sulfonamides is 1. The first-order valence-electron chi connectivity index (χ1n) is 6.38. The van der Waals surface area contributed by atoms with Crippen LogP contribution in [-0.2, 0) is 10.0 Å². The summed E-state index contributed by atoms with van der Waals surface area (Å²) in [5.41, 5.74) is 1.18. The Morgan fingerprint density at radius 2 is 2.05 bits per heavy atom. The van der Waals surface area contributed by atoms with Crippen LogP contribution >= 0.6 is 22.9 Å². The molecule has 8 heteroatoms. The average molecular weight is 346 g/mol. The van der Waals surface area contributed by atoms with Crippen LogP contribution in [0.15, 0.2) is 34.7 Å². The van der Waals surface area contributed by atoms with Gasteiger partial charge in [-0.2, -0.15) is 0 Å². The molecule has 5 nitrogen and oxygen atoms in total. The molecule has 0 spiro atoms. The first-order chi connectivity index (χ1) is 9.90. The quantitative estimate of drug-likeness (QED) is 0.842. The molecule has 1 heterocycles. The average Bonchev–Trinajstić information content (AvgIpc) is 2.90. The van der Waals surface area contributed by atoms with Crippen molar-refractivity contribution in [3.8, 4) is 0 Å². The van der Waals surface area contributed by atoms with E-state index in [-0.39, 0.29) is 4.21 Å². The van der Waals surface area contributed by atoms with Crippen molar-refractivity contribution >= 4 is 38.1 Å². The molecule has 0 radical (unpaired) electrons. The number of rotatable bonds is 6. The Hall–Kier alpha value is -1.15.